The second kappa shape index (κ2) is 4.52. The van der Waals surface area contributed by atoms with Crippen LogP contribution < -0.4 is 5.43 Å². The Hall–Kier alpha value is -1.24. The Balaban J connectivity index is 3.22. The largest absolute Gasteiger partial charge is 0.481 e. The van der Waals surface area contributed by atoms with Crippen molar-refractivity contribution in [3.05, 3.63) is 32.2 Å². The molecule has 0 aliphatic carbocycles. The number of hydrogen-bond donors (Lipinski definition) is 2. The fraction of sp³-hybridized carbons (Fsp3) is 0.250. The molecule has 82 valence electrons. The number of rotatable bonds is 3. The van der Waals surface area contributed by atoms with Gasteiger partial charge in [-0.15, -0.1) is 0 Å². The Morgan fingerprint density at radius 1 is 1.60 bits per heavy atom. The van der Waals surface area contributed by atoms with Crippen molar-refractivity contribution < 1.29 is 18.7 Å². The zero-order valence-electron chi connectivity index (χ0n) is 7.26. The van der Waals surface area contributed by atoms with Gasteiger partial charge < -0.3 is 10.1 Å². The van der Waals surface area contributed by atoms with Crippen LogP contribution in [0.1, 0.15) is 17.7 Å². The molecule has 0 bridgehead atoms. The van der Waals surface area contributed by atoms with Crippen LogP contribution in [0.25, 0.3) is 0 Å². The lowest BCUT2D eigenvalue weighted by Crippen LogP contribution is -2.15. The van der Waals surface area contributed by atoms with E-state index in [0.717, 1.165) is 6.20 Å². The van der Waals surface area contributed by atoms with Crippen LogP contribution in [0.15, 0.2) is 15.5 Å². The summed E-state index contributed by atoms with van der Waals surface area (Å²) in [6.45, 7) is 0. The summed E-state index contributed by atoms with van der Waals surface area (Å²) in [6.07, 6.45) is -2.49. The van der Waals surface area contributed by atoms with Crippen LogP contribution in [0, 0.1) is 0 Å². The number of halogens is 3. The summed E-state index contributed by atoms with van der Waals surface area (Å²) < 4.78 is 24.3. The molecule has 1 heterocycles. The predicted octanol–water partition coefficient (Wildman–Crippen LogP) is 1.70. The van der Waals surface area contributed by atoms with Crippen molar-refractivity contribution >= 4 is 21.9 Å². The Kier molecular flexibility index (Phi) is 3.57. The van der Waals surface area contributed by atoms with Crippen LogP contribution in [0.2, 0.25) is 0 Å². The number of carboxylic acid groups (broad SMARTS) is 1. The quantitative estimate of drug-likeness (QED) is 0.886. The van der Waals surface area contributed by atoms with Gasteiger partial charge in [0.15, 0.2) is 0 Å². The van der Waals surface area contributed by atoms with Gasteiger partial charge in [-0.25, -0.2) is 8.78 Å². The van der Waals surface area contributed by atoms with E-state index >= 15 is 0 Å². The number of H-pyrrole nitrogens is 1. The van der Waals surface area contributed by atoms with Gasteiger partial charge in [-0.2, -0.15) is 0 Å². The minimum Gasteiger partial charge on any atom is -0.481 e. The first-order chi connectivity index (χ1) is 6.93. The predicted molar refractivity (Wildman–Crippen MR) is 51.1 cm³/mol. The summed E-state index contributed by atoms with van der Waals surface area (Å²) in [5.74, 6) is -1.16. The summed E-state index contributed by atoms with van der Waals surface area (Å²) in [4.78, 5) is 24.0. The van der Waals surface area contributed by atoms with Gasteiger partial charge >= 0.3 is 5.97 Å². The average Bonchev–Trinajstić information content (AvgIpc) is 2.12. The molecule has 0 unspecified atom stereocenters. The number of aliphatic carboxylic acids is 1. The number of aromatic nitrogens is 1. The summed E-state index contributed by atoms with van der Waals surface area (Å²) >= 11 is 2.79. The van der Waals surface area contributed by atoms with Crippen molar-refractivity contribution in [2.75, 3.05) is 0 Å². The topological polar surface area (TPSA) is 70.2 Å². The molecule has 0 saturated heterocycles. The van der Waals surface area contributed by atoms with Crippen LogP contribution >= 0.6 is 15.9 Å². The number of nitrogens with one attached hydrogen (secondary N) is 1. The van der Waals surface area contributed by atoms with Gasteiger partial charge in [-0.3, -0.25) is 9.59 Å². The molecule has 0 atom stereocenters. The lowest BCUT2D eigenvalue weighted by Gasteiger charge is -2.04. The van der Waals surface area contributed by atoms with Crippen LogP contribution in [0.5, 0.6) is 0 Å². The number of carboxylic acids is 1. The molecule has 0 amide bonds. The van der Waals surface area contributed by atoms with Gasteiger partial charge in [-0.1, -0.05) is 0 Å². The molecule has 1 rings (SSSR count). The van der Waals surface area contributed by atoms with Crippen molar-refractivity contribution in [2.24, 2.45) is 0 Å². The standard InChI is InChI=1S/C8H6BrF2NO3/c9-6-4(1-5(13)14)12-2-3(7(6)15)8(10)11/h2,8H,1H2,(H,12,15)(H,13,14). The average molecular weight is 282 g/mol. The van der Waals surface area contributed by atoms with Crippen molar-refractivity contribution in [1.82, 2.24) is 4.98 Å². The van der Waals surface area contributed by atoms with Crippen LogP contribution in [0.4, 0.5) is 8.78 Å². The lowest BCUT2D eigenvalue weighted by molar-refractivity contribution is -0.136. The molecule has 0 aliphatic heterocycles. The molecular weight excluding hydrogens is 276 g/mol. The fourth-order valence-electron chi connectivity index (χ4n) is 0.999. The summed E-state index contributed by atoms with van der Waals surface area (Å²) in [7, 11) is 0. The van der Waals surface area contributed by atoms with Gasteiger partial charge in [0.25, 0.3) is 6.43 Å². The summed E-state index contributed by atoms with van der Waals surface area (Å²) in [5, 5.41) is 8.47. The molecule has 1 aromatic rings. The second-order valence-electron chi connectivity index (χ2n) is 2.74. The van der Waals surface area contributed by atoms with E-state index in [0.29, 0.717) is 0 Å². The van der Waals surface area contributed by atoms with Crippen LogP contribution in [-0.2, 0) is 11.2 Å². The van der Waals surface area contributed by atoms with E-state index in [4.69, 9.17) is 5.11 Å². The Labute approximate surface area is 91.1 Å². The third-order valence-electron chi connectivity index (χ3n) is 1.69. The van der Waals surface area contributed by atoms with Gasteiger partial charge in [0.1, 0.15) is 0 Å². The van der Waals surface area contributed by atoms with E-state index in [1.807, 2.05) is 0 Å². The summed E-state index contributed by atoms with van der Waals surface area (Å²) in [6, 6.07) is 0. The maximum Gasteiger partial charge on any atom is 0.309 e. The third-order valence-corrected chi connectivity index (χ3v) is 2.53. The minimum atomic E-state index is -2.89. The smallest absolute Gasteiger partial charge is 0.309 e. The van der Waals surface area contributed by atoms with Crippen molar-refractivity contribution in [1.29, 1.82) is 0 Å². The Bertz CT molecular complexity index is 444. The number of aromatic amines is 1. The molecule has 1 aromatic heterocycles. The van der Waals surface area contributed by atoms with Gasteiger partial charge in [0.2, 0.25) is 5.43 Å². The molecule has 7 heteroatoms. The first kappa shape index (κ1) is 11.8. The van der Waals surface area contributed by atoms with Gasteiger partial charge in [0, 0.05) is 11.9 Å². The highest BCUT2D eigenvalue weighted by Crippen LogP contribution is 2.18. The maximum absolute atomic E-state index is 12.2. The molecular formula is C8H6BrF2NO3. The van der Waals surface area contributed by atoms with E-state index in [1.54, 1.807) is 0 Å². The molecule has 2 N–H and O–H groups in total. The molecule has 4 nitrogen and oxygen atoms in total. The maximum atomic E-state index is 12.2. The SMILES string of the molecule is O=C(O)Cc1[nH]cc(C(F)F)c(=O)c1Br. The second-order valence-corrected chi connectivity index (χ2v) is 3.53. The normalized spacial score (nSPS) is 10.7. The molecule has 0 spiro atoms. The number of alkyl halides is 2. The molecule has 0 fully saturated rings. The van der Waals surface area contributed by atoms with Crippen molar-refractivity contribution in [3.63, 3.8) is 0 Å². The van der Waals surface area contributed by atoms with E-state index in [1.165, 1.54) is 0 Å². The van der Waals surface area contributed by atoms with E-state index in [-0.39, 0.29) is 10.2 Å². The highest BCUT2D eigenvalue weighted by Gasteiger charge is 2.17. The van der Waals surface area contributed by atoms with Crippen LogP contribution in [-0.4, -0.2) is 16.1 Å². The molecule has 0 aliphatic rings. The first-order valence-corrected chi connectivity index (χ1v) is 4.62. The first-order valence-electron chi connectivity index (χ1n) is 3.83. The monoisotopic (exact) mass is 281 g/mol. The third kappa shape index (κ3) is 2.62. The highest BCUT2D eigenvalue weighted by molar-refractivity contribution is 9.10. The summed E-state index contributed by atoms with van der Waals surface area (Å²) in [5.41, 5.74) is -1.51. The van der Waals surface area contributed by atoms with Gasteiger partial charge in [0.05, 0.1) is 16.5 Å². The molecule has 0 saturated carbocycles. The number of hydrogen-bond acceptors (Lipinski definition) is 2. The minimum absolute atomic E-state index is 0.0666. The lowest BCUT2D eigenvalue weighted by atomic mass is 10.2. The van der Waals surface area contributed by atoms with Crippen LogP contribution in [0.3, 0.4) is 0 Å². The molecule has 0 radical (unpaired) electrons. The number of carbonyl (C=O) groups is 1. The Morgan fingerprint density at radius 3 is 2.67 bits per heavy atom. The molecule has 15 heavy (non-hydrogen) atoms. The fourth-order valence-corrected chi connectivity index (χ4v) is 1.48. The number of pyridine rings is 1. The zero-order valence-corrected chi connectivity index (χ0v) is 8.85. The van der Waals surface area contributed by atoms with Gasteiger partial charge in [-0.05, 0) is 15.9 Å². The zero-order chi connectivity index (χ0) is 11.6. The molecule has 0 aromatic carbocycles. The van der Waals surface area contributed by atoms with Crippen molar-refractivity contribution in [2.45, 2.75) is 12.8 Å². The highest BCUT2D eigenvalue weighted by atomic mass is 79.9. The van der Waals surface area contributed by atoms with Crippen molar-refractivity contribution in [3.8, 4) is 0 Å². The van der Waals surface area contributed by atoms with E-state index in [9.17, 15) is 18.4 Å². The van der Waals surface area contributed by atoms with E-state index in [2.05, 4.69) is 20.9 Å². The van der Waals surface area contributed by atoms with E-state index < -0.39 is 29.8 Å². The Morgan fingerprint density at radius 2 is 2.20 bits per heavy atom.